The summed E-state index contributed by atoms with van der Waals surface area (Å²) in [6.45, 7) is 1.81. The fraction of sp³-hybridized carbons (Fsp3) is 0.0625. The number of hydrogen-bond acceptors (Lipinski definition) is 4. The van der Waals surface area contributed by atoms with Crippen LogP contribution in [0.25, 0.3) is 26.8 Å². The van der Waals surface area contributed by atoms with Gasteiger partial charge in [0.1, 0.15) is 5.00 Å². The minimum atomic E-state index is -1.06. The van der Waals surface area contributed by atoms with E-state index in [2.05, 4.69) is 10.1 Å². The molecule has 0 aliphatic rings. The molecule has 1 aromatic carbocycles. The normalized spacial score (nSPS) is 11.3. The van der Waals surface area contributed by atoms with Crippen molar-refractivity contribution < 1.29 is 9.90 Å². The molecule has 0 fully saturated rings. The number of nitrogens with one attached hydrogen (secondary N) is 1. The van der Waals surface area contributed by atoms with Crippen molar-refractivity contribution in [3.05, 3.63) is 57.3 Å². The maximum Gasteiger partial charge on any atom is 0.338 e. The summed E-state index contributed by atoms with van der Waals surface area (Å²) in [7, 11) is 0. The van der Waals surface area contributed by atoms with Crippen LogP contribution in [0, 0.1) is 6.92 Å². The average Bonchev–Trinajstić information content (AvgIpc) is 3.08. The van der Waals surface area contributed by atoms with Crippen molar-refractivity contribution in [2.24, 2.45) is 0 Å². The summed E-state index contributed by atoms with van der Waals surface area (Å²) in [5, 5.41) is 14.0. The quantitative estimate of drug-likeness (QED) is 0.593. The van der Waals surface area contributed by atoms with Gasteiger partial charge in [-0.25, -0.2) is 9.48 Å². The molecule has 0 aliphatic heterocycles. The molecule has 0 unspecified atom stereocenters. The molecule has 0 saturated carbocycles. The Bertz CT molecular complexity index is 1140. The lowest BCUT2D eigenvalue weighted by atomic mass is 10.2. The lowest BCUT2D eigenvalue weighted by Crippen LogP contribution is -2.15. The highest BCUT2D eigenvalue weighted by molar-refractivity contribution is 7.14. The summed E-state index contributed by atoms with van der Waals surface area (Å²) in [4.78, 5) is 29.2. The average molecular weight is 325 g/mol. The van der Waals surface area contributed by atoms with Gasteiger partial charge in [-0.2, -0.15) is 0 Å². The monoisotopic (exact) mass is 325 g/mol. The van der Waals surface area contributed by atoms with Crippen LogP contribution >= 0.6 is 11.3 Å². The summed E-state index contributed by atoms with van der Waals surface area (Å²) in [6.07, 6.45) is 1.52. The molecule has 3 heterocycles. The van der Waals surface area contributed by atoms with E-state index in [1.54, 1.807) is 6.07 Å². The van der Waals surface area contributed by atoms with Crippen LogP contribution in [0.15, 0.2) is 41.3 Å². The summed E-state index contributed by atoms with van der Waals surface area (Å²) < 4.78 is 1.29. The Balaban J connectivity index is 2.10. The summed E-state index contributed by atoms with van der Waals surface area (Å²) >= 11 is 1.26. The molecule has 0 saturated heterocycles. The second-order valence-corrected chi connectivity index (χ2v) is 6.43. The van der Waals surface area contributed by atoms with E-state index >= 15 is 0 Å². The summed E-state index contributed by atoms with van der Waals surface area (Å²) in [5.41, 5.74) is 1.23. The topological polar surface area (TPSA) is 88.0 Å². The van der Waals surface area contributed by atoms with E-state index in [0.717, 1.165) is 15.8 Å². The molecule has 0 atom stereocenters. The largest absolute Gasteiger partial charge is 0.478 e. The van der Waals surface area contributed by atoms with Crippen molar-refractivity contribution in [1.29, 1.82) is 0 Å². The van der Waals surface area contributed by atoms with E-state index in [1.807, 2.05) is 31.2 Å². The maximum absolute atomic E-state index is 12.7. The van der Waals surface area contributed by atoms with Crippen molar-refractivity contribution in [2.45, 2.75) is 6.92 Å². The molecule has 0 spiro atoms. The van der Waals surface area contributed by atoms with Crippen molar-refractivity contribution in [3.63, 3.8) is 0 Å². The number of hydrogen-bond donors (Lipinski definition) is 2. The Hall–Kier alpha value is -2.93. The van der Waals surface area contributed by atoms with Crippen LogP contribution in [0.4, 0.5) is 0 Å². The molecule has 3 aromatic heterocycles. The van der Waals surface area contributed by atoms with Gasteiger partial charge in [0.2, 0.25) is 0 Å². The van der Waals surface area contributed by atoms with Crippen LogP contribution in [0.5, 0.6) is 0 Å². The minimum Gasteiger partial charge on any atom is -0.478 e. The van der Waals surface area contributed by atoms with Gasteiger partial charge in [0.25, 0.3) is 5.56 Å². The van der Waals surface area contributed by atoms with Gasteiger partial charge in [0.15, 0.2) is 0 Å². The van der Waals surface area contributed by atoms with Crippen LogP contribution in [0.3, 0.4) is 0 Å². The van der Waals surface area contributed by atoms with Crippen LogP contribution in [0.2, 0.25) is 0 Å². The van der Waals surface area contributed by atoms with Gasteiger partial charge in [0, 0.05) is 16.5 Å². The number of nitrogens with zero attached hydrogens (tertiary/aromatic N) is 2. The SMILES string of the molecule is Cc1cc(C(=O)O)c(-n2[nH]c3c(cnc4ccccc43)c2=O)s1. The Morgan fingerprint density at radius 2 is 2.09 bits per heavy atom. The van der Waals surface area contributed by atoms with Gasteiger partial charge in [-0.15, -0.1) is 11.3 Å². The van der Waals surface area contributed by atoms with E-state index in [4.69, 9.17) is 0 Å². The van der Waals surface area contributed by atoms with Gasteiger partial charge in [-0.3, -0.25) is 14.9 Å². The number of fused-ring (bicyclic) bond motifs is 3. The van der Waals surface area contributed by atoms with Crippen molar-refractivity contribution in [3.8, 4) is 5.00 Å². The molecule has 6 nitrogen and oxygen atoms in total. The summed E-state index contributed by atoms with van der Waals surface area (Å²) in [6, 6.07) is 9.06. The molecule has 2 N–H and O–H groups in total. The third-order valence-electron chi connectivity index (χ3n) is 3.70. The number of rotatable bonds is 2. The molecule has 114 valence electrons. The molecular formula is C16H11N3O3S. The van der Waals surface area contributed by atoms with E-state index < -0.39 is 5.97 Å². The first-order chi connectivity index (χ1) is 11.1. The van der Waals surface area contributed by atoms with Crippen molar-refractivity contribution in [1.82, 2.24) is 14.8 Å². The van der Waals surface area contributed by atoms with E-state index in [1.165, 1.54) is 22.2 Å². The second kappa shape index (κ2) is 4.79. The number of thiophene rings is 1. The fourth-order valence-corrected chi connectivity index (χ4v) is 3.63. The Labute approximate surface area is 133 Å². The van der Waals surface area contributed by atoms with Crippen LogP contribution in [-0.4, -0.2) is 25.8 Å². The number of benzene rings is 1. The van der Waals surface area contributed by atoms with Crippen molar-refractivity contribution in [2.75, 3.05) is 0 Å². The van der Waals surface area contributed by atoms with Gasteiger partial charge in [-0.05, 0) is 19.1 Å². The molecule has 4 aromatic rings. The zero-order chi connectivity index (χ0) is 16.1. The first-order valence-corrected chi connectivity index (χ1v) is 7.70. The number of H-pyrrole nitrogens is 1. The molecule has 0 radical (unpaired) electrons. The number of carboxylic acid groups (broad SMARTS) is 1. The number of aryl methyl sites for hydroxylation is 1. The maximum atomic E-state index is 12.7. The first kappa shape index (κ1) is 13.7. The number of aromatic amines is 1. The van der Waals surface area contributed by atoms with Gasteiger partial charge < -0.3 is 5.11 Å². The third-order valence-corrected chi connectivity index (χ3v) is 4.74. The predicted octanol–water partition coefficient (Wildman–Crippen LogP) is 2.94. The highest BCUT2D eigenvalue weighted by Gasteiger charge is 2.19. The van der Waals surface area contributed by atoms with Crippen LogP contribution in [0.1, 0.15) is 15.2 Å². The van der Waals surface area contributed by atoms with Gasteiger partial charge >= 0.3 is 5.97 Å². The molecule has 4 rings (SSSR count). The number of carboxylic acids is 1. The predicted molar refractivity (Wildman–Crippen MR) is 88.8 cm³/mol. The fourth-order valence-electron chi connectivity index (χ4n) is 2.67. The standard InChI is InChI=1S/C16H11N3O3S/c1-8-6-10(16(21)22)15(23-8)19-14(20)11-7-17-12-5-3-2-4-9(12)13(11)18-19/h2-7,18H,1H3,(H,21,22). The van der Waals surface area contributed by atoms with E-state index in [-0.39, 0.29) is 11.1 Å². The minimum absolute atomic E-state index is 0.110. The zero-order valence-electron chi connectivity index (χ0n) is 12.0. The molecule has 0 aliphatic carbocycles. The molecule has 0 bridgehead atoms. The number of aromatic carboxylic acids is 1. The number of aromatic nitrogens is 3. The Kier molecular flexibility index (Phi) is 2.85. The van der Waals surface area contributed by atoms with Crippen molar-refractivity contribution >= 4 is 39.1 Å². The van der Waals surface area contributed by atoms with E-state index in [0.29, 0.717) is 15.9 Å². The first-order valence-electron chi connectivity index (χ1n) is 6.89. The number of carbonyl (C=O) groups is 1. The molecule has 0 amide bonds. The lowest BCUT2D eigenvalue weighted by molar-refractivity contribution is 0.0697. The van der Waals surface area contributed by atoms with Crippen LogP contribution in [-0.2, 0) is 0 Å². The van der Waals surface area contributed by atoms with E-state index in [9.17, 15) is 14.7 Å². The Morgan fingerprint density at radius 3 is 2.87 bits per heavy atom. The summed E-state index contributed by atoms with van der Waals surface area (Å²) in [5.74, 6) is -1.06. The van der Waals surface area contributed by atoms with Gasteiger partial charge in [-0.1, -0.05) is 18.2 Å². The number of pyridine rings is 1. The Morgan fingerprint density at radius 1 is 1.30 bits per heavy atom. The molecular weight excluding hydrogens is 314 g/mol. The zero-order valence-corrected chi connectivity index (χ0v) is 12.8. The number of para-hydroxylation sites is 1. The molecule has 23 heavy (non-hydrogen) atoms. The lowest BCUT2D eigenvalue weighted by Gasteiger charge is -1.99. The highest BCUT2D eigenvalue weighted by atomic mass is 32.1. The van der Waals surface area contributed by atoms with Gasteiger partial charge in [0.05, 0.1) is 22.0 Å². The highest BCUT2D eigenvalue weighted by Crippen LogP contribution is 2.27. The second-order valence-electron chi connectivity index (χ2n) is 5.20. The third kappa shape index (κ3) is 1.97. The molecule has 7 heteroatoms. The van der Waals surface area contributed by atoms with Crippen LogP contribution < -0.4 is 5.56 Å². The smallest absolute Gasteiger partial charge is 0.338 e.